The third-order valence-corrected chi connectivity index (χ3v) is 7.26. The Hall–Kier alpha value is -3.84. The molecule has 0 bridgehead atoms. The molecule has 7 nitrogen and oxygen atoms in total. The van der Waals surface area contributed by atoms with Gasteiger partial charge in [0.25, 0.3) is 0 Å². The van der Waals surface area contributed by atoms with Crippen LogP contribution in [0, 0.1) is 16.7 Å². The number of carbonyl (C=O) groups excluding carboxylic acids is 1. The summed E-state index contributed by atoms with van der Waals surface area (Å²) in [6.45, 7) is 3.76. The zero-order valence-corrected chi connectivity index (χ0v) is 22.8. The number of methoxy groups -OCH3 is 3. The van der Waals surface area contributed by atoms with Crippen LogP contribution in [-0.2, 0) is 11.0 Å². The van der Waals surface area contributed by atoms with E-state index in [2.05, 4.69) is 6.07 Å². The molecule has 1 atom stereocenters. The first-order chi connectivity index (χ1) is 18.3. The molecule has 0 spiro atoms. The van der Waals surface area contributed by atoms with Crippen LogP contribution in [-0.4, -0.2) is 27.1 Å². The van der Waals surface area contributed by atoms with Crippen molar-refractivity contribution in [3.63, 3.8) is 0 Å². The lowest BCUT2D eigenvalue weighted by Crippen LogP contribution is -2.42. The van der Waals surface area contributed by atoms with E-state index >= 15 is 0 Å². The second kappa shape index (κ2) is 10.0. The summed E-state index contributed by atoms with van der Waals surface area (Å²) in [7, 11) is 4.32. The van der Waals surface area contributed by atoms with E-state index < -0.39 is 23.1 Å². The predicted octanol–water partition coefficient (Wildman–Crippen LogP) is 6.33. The number of allylic oxidation sites excluding steroid dienone is 3. The van der Waals surface area contributed by atoms with Crippen molar-refractivity contribution < 1.29 is 32.2 Å². The van der Waals surface area contributed by atoms with E-state index in [1.165, 1.54) is 26.2 Å². The van der Waals surface area contributed by atoms with Gasteiger partial charge in [-0.1, -0.05) is 25.4 Å². The lowest BCUT2D eigenvalue weighted by atomic mass is 9.68. The van der Waals surface area contributed by atoms with Crippen molar-refractivity contribution in [3.8, 4) is 23.3 Å². The molecule has 2 aromatic carbocycles. The van der Waals surface area contributed by atoms with Gasteiger partial charge in [-0.2, -0.15) is 18.4 Å². The highest BCUT2D eigenvalue weighted by Crippen LogP contribution is 2.54. The summed E-state index contributed by atoms with van der Waals surface area (Å²) in [6.07, 6.45) is -4.24. The average Bonchev–Trinajstić information content (AvgIpc) is 2.86. The van der Waals surface area contributed by atoms with Crippen LogP contribution >= 0.6 is 11.6 Å². The van der Waals surface area contributed by atoms with E-state index in [1.54, 1.807) is 12.1 Å². The second-order valence-corrected chi connectivity index (χ2v) is 10.5. The van der Waals surface area contributed by atoms with Gasteiger partial charge in [0.05, 0.1) is 55.2 Å². The molecule has 0 unspecified atom stereocenters. The predicted molar refractivity (Wildman–Crippen MR) is 140 cm³/mol. The summed E-state index contributed by atoms with van der Waals surface area (Å²) in [4.78, 5) is 15.1. The summed E-state index contributed by atoms with van der Waals surface area (Å²) in [5.74, 6) is -0.447. The third kappa shape index (κ3) is 4.87. The lowest BCUT2D eigenvalue weighted by molar-refractivity contribution is -0.137. The molecule has 1 aliphatic heterocycles. The van der Waals surface area contributed by atoms with Crippen LogP contribution in [0.25, 0.3) is 0 Å². The van der Waals surface area contributed by atoms with E-state index in [0.717, 1.165) is 18.2 Å². The Morgan fingerprint density at radius 2 is 1.69 bits per heavy atom. The smallest absolute Gasteiger partial charge is 0.416 e. The van der Waals surface area contributed by atoms with Gasteiger partial charge >= 0.3 is 6.18 Å². The molecule has 1 aliphatic carbocycles. The normalized spacial score (nSPS) is 19.0. The van der Waals surface area contributed by atoms with Gasteiger partial charge < -0.3 is 19.9 Å². The Kier molecular flexibility index (Phi) is 7.25. The van der Waals surface area contributed by atoms with Gasteiger partial charge in [-0.3, -0.25) is 9.69 Å². The maximum absolute atomic E-state index is 13.8. The topological polar surface area (TPSA) is 97.8 Å². The fourth-order valence-electron chi connectivity index (χ4n) is 5.25. The van der Waals surface area contributed by atoms with Gasteiger partial charge in [0, 0.05) is 35.4 Å². The number of nitrogens with two attached hydrogens (primary N) is 1. The van der Waals surface area contributed by atoms with Gasteiger partial charge in [0.1, 0.15) is 23.1 Å². The highest BCUT2D eigenvalue weighted by molar-refractivity contribution is 6.33. The summed E-state index contributed by atoms with van der Waals surface area (Å²) < 4.78 is 57.6. The molecule has 11 heteroatoms. The largest absolute Gasteiger partial charge is 0.496 e. The van der Waals surface area contributed by atoms with Crippen LogP contribution in [0.5, 0.6) is 17.2 Å². The Balaban J connectivity index is 2.10. The molecule has 0 saturated heterocycles. The van der Waals surface area contributed by atoms with Crippen molar-refractivity contribution >= 4 is 23.1 Å². The molecule has 2 aromatic rings. The number of rotatable bonds is 5. The zero-order chi connectivity index (χ0) is 28.9. The quantitative estimate of drug-likeness (QED) is 0.456. The number of anilines is 1. The first-order valence-corrected chi connectivity index (χ1v) is 12.3. The van der Waals surface area contributed by atoms with Crippen molar-refractivity contribution in [1.82, 2.24) is 0 Å². The number of ether oxygens (including phenoxy) is 3. The molecule has 39 heavy (non-hydrogen) atoms. The lowest BCUT2D eigenvalue weighted by Gasteiger charge is -2.44. The minimum Gasteiger partial charge on any atom is -0.496 e. The molecule has 0 radical (unpaired) electrons. The van der Waals surface area contributed by atoms with E-state index in [-0.39, 0.29) is 57.8 Å². The Labute approximate surface area is 229 Å². The number of hydrogen-bond acceptors (Lipinski definition) is 7. The van der Waals surface area contributed by atoms with Crippen molar-refractivity contribution in [2.24, 2.45) is 11.1 Å². The molecule has 206 valence electrons. The van der Waals surface area contributed by atoms with E-state index in [1.807, 2.05) is 13.8 Å². The first kappa shape index (κ1) is 28.2. The van der Waals surface area contributed by atoms with Crippen molar-refractivity contribution in [3.05, 3.63) is 69.1 Å². The second-order valence-electron chi connectivity index (χ2n) is 10.1. The molecule has 0 saturated carbocycles. The van der Waals surface area contributed by atoms with Gasteiger partial charge in [0.2, 0.25) is 0 Å². The van der Waals surface area contributed by atoms with Crippen LogP contribution in [0.2, 0.25) is 5.02 Å². The Morgan fingerprint density at radius 3 is 2.21 bits per heavy atom. The highest BCUT2D eigenvalue weighted by Gasteiger charge is 2.47. The zero-order valence-electron chi connectivity index (χ0n) is 22.0. The minimum absolute atomic E-state index is 0.0241. The molecule has 0 aromatic heterocycles. The number of ketones is 1. The van der Waals surface area contributed by atoms with Gasteiger partial charge in [-0.25, -0.2) is 0 Å². The van der Waals surface area contributed by atoms with E-state index in [4.69, 9.17) is 31.5 Å². The molecule has 2 N–H and O–H groups in total. The summed E-state index contributed by atoms with van der Waals surface area (Å²) in [6, 6.07) is 8.13. The maximum Gasteiger partial charge on any atom is 0.416 e. The number of alkyl halides is 3. The van der Waals surface area contributed by atoms with Gasteiger partial charge in [0.15, 0.2) is 5.78 Å². The fourth-order valence-corrected chi connectivity index (χ4v) is 5.45. The Morgan fingerprint density at radius 1 is 1.08 bits per heavy atom. The molecule has 4 rings (SSSR count). The molecule has 1 heterocycles. The van der Waals surface area contributed by atoms with Crippen LogP contribution in [0.1, 0.15) is 43.7 Å². The molecule has 0 fully saturated rings. The standard InChI is InChI=1S/C28H27ClF3N3O4/c1-27(2)11-19-24(20(36)12-27)23(25-21(38-4)9-15(37-3)10-22(25)39-5)16(13-33)26(34)35(19)18-8-14(28(30,31)32)6-7-17(18)29/h6-10,23H,11-12,34H2,1-5H3/t23-/m1/s1. The Bertz CT molecular complexity index is 1430. The summed E-state index contributed by atoms with van der Waals surface area (Å²) in [5, 5.41) is 10.3. The number of carbonyl (C=O) groups is 1. The number of hydrogen-bond donors (Lipinski definition) is 1. The number of halogens is 4. The number of benzene rings is 2. The minimum atomic E-state index is -4.66. The van der Waals surface area contributed by atoms with E-state index in [0.29, 0.717) is 17.0 Å². The van der Waals surface area contributed by atoms with Crippen molar-refractivity contribution in [1.29, 1.82) is 5.26 Å². The van der Waals surface area contributed by atoms with Gasteiger partial charge in [-0.15, -0.1) is 0 Å². The van der Waals surface area contributed by atoms with Crippen LogP contribution < -0.4 is 24.8 Å². The van der Waals surface area contributed by atoms with Crippen molar-refractivity contribution in [2.45, 2.75) is 38.8 Å². The molecule has 0 amide bonds. The molecular formula is C28H27ClF3N3O4. The SMILES string of the molecule is COc1cc(OC)c([C@@H]2C(C#N)=C(N)N(c3cc(C(F)(F)F)ccc3Cl)C3=C2C(=O)CC(C)(C)C3)c(OC)c1. The number of Topliss-reactive ketones (excluding diaryl/α,β-unsaturated/α-hetero) is 1. The fraction of sp³-hybridized carbons (Fsp3) is 0.357. The maximum atomic E-state index is 13.8. The van der Waals surface area contributed by atoms with Crippen LogP contribution in [0.3, 0.4) is 0 Å². The first-order valence-electron chi connectivity index (χ1n) is 11.9. The number of nitrogens with zero attached hydrogens (tertiary/aromatic N) is 2. The third-order valence-electron chi connectivity index (χ3n) is 6.94. The van der Waals surface area contributed by atoms with Crippen LogP contribution in [0.4, 0.5) is 18.9 Å². The average molecular weight is 562 g/mol. The number of nitriles is 1. The van der Waals surface area contributed by atoms with Crippen LogP contribution in [0.15, 0.2) is 53.0 Å². The molecular weight excluding hydrogens is 535 g/mol. The summed E-state index contributed by atoms with van der Waals surface area (Å²) in [5.41, 5.74) is 5.90. The molecule has 2 aliphatic rings. The highest BCUT2D eigenvalue weighted by atomic mass is 35.5. The monoisotopic (exact) mass is 561 g/mol. The van der Waals surface area contributed by atoms with E-state index in [9.17, 15) is 23.2 Å². The van der Waals surface area contributed by atoms with Crippen molar-refractivity contribution in [2.75, 3.05) is 26.2 Å². The van der Waals surface area contributed by atoms with Gasteiger partial charge in [-0.05, 0) is 30.0 Å². The summed E-state index contributed by atoms with van der Waals surface area (Å²) >= 11 is 6.43.